The zero-order chi connectivity index (χ0) is 18.4. The van der Waals surface area contributed by atoms with Crippen molar-refractivity contribution < 1.29 is 19.7 Å². The first-order chi connectivity index (χ1) is 11.8. The Labute approximate surface area is 152 Å². The van der Waals surface area contributed by atoms with Crippen molar-refractivity contribution in [3.05, 3.63) is 27.7 Å². The summed E-state index contributed by atoms with van der Waals surface area (Å²) in [5.74, 6) is -0.702. The molecule has 2 N–H and O–H groups in total. The monoisotopic (exact) mass is 365 g/mol. The summed E-state index contributed by atoms with van der Waals surface area (Å²) in [6.07, 6.45) is 2.69. The molecule has 138 valence electrons. The summed E-state index contributed by atoms with van der Waals surface area (Å²) < 4.78 is 5.31. The normalized spacial score (nSPS) is 38.0. The quantitative estimate of drug-likeness (QED) is 0.636. The molecule has 25 heavy (non-hydrogen) atoms. The largest absolute Gasteiger partial charge is 0.455 e. The summed E-state index contributed by atoms with van der Waals surface area (Å²) in [6.45, 7) is 7.22. The van der Waals surface area contributed by atoms with Crippen LogP contribution in [0.25, 0.3) is 0 Å². The molecule has 1 aromatic heterocycles. The molecule has 1 saturated carbocycles. The maximum atomic E-state index is 11.5. The van der Waals surface area contributed by atoms with Crippen LogP contribution in [-0.4, -0.2) is 39.0 Å². The Hall–Kier alpha value is -1.24. The van der Waals surface area contributed by atoms with E-state index < -0.39 is 23.8 Å². The average Bonchev–Trinajstić information content (AvgIpc) is 3.03. The highest BCUT2D eigenvalue weighted by atomic mass is 32.1. The molecule has 0 unspecified atom stereocenters. The molecule has 0 amide bonds. The molecule has 0 aromatic carbocycles. The number of nitrogens with zero attached hydrogens (tertiary/aromatic N) is 1. The fraction of sp³-hybridized carbons (Fsp3) is 0.684. The van der Waals surface area contributed by atoms with Crippen molar-refractivity contribution in [2.75, 3.05) is 0 Å². The summed E-state index contributed by atoms with van der Waals surface area (Å²) in [4.78, 5) is 16.1. The van der Waals surface area contributed by atoms with Crippen molar-refractivity contribution in [3.8, 4) is 0 Å². The molecule has 6 atom stereocenters. The first-order valence-electron chi connectivity index (χ1n) is 8.99. The Balaban J connectivity index is 2.01. The zero-order valence-electron chi connectivity index (χ0n) is 15.2. The molecule has 1 aromatic rings. The summed E-state index contributed by atoms with van der Waals surface area (Å²) in [7, 11) is 0. The first-order valence-corrected chi connectivity index (χ1v) is 9.87. The lowest BCUT2D eigenvalue weighted by Crippen LogP contribution is -2.63. The number of thiazole rings is 1. The molecule has 0 aliphatic heterocycles. The van der Waals surface area contributed by atoms with Crippen molar-refractivity contribution in [1.82, 2.24) is 4.98 Å². The fourth-order valence-electron chi connectivity index (χ4n) is 4.42. The number of esters is 1. The second-order valence-electron chi connectivity index (χ2n) is 7.40. The van der Waals surface area contributed by atoms with E-state index in [-0.39, 0.29) is 17.8 Å². The van der Waals surface area contributed by atoms with E-state index in [1.807, 2.05) is 19.9 Å². The Morgan fingerprint density at radius 2 is 2.20 bits per heavy atom. The van der Waals surface area contributed by atoms with Gasteiger partial charge in [-0.1, -0.05) is 19.9 Å². The van der Waals surface area contributed by atoms with E-state index in [0.717, 1.165) is 35.5 Å². The molecule has 0 spiro atoms. The van der Waals surface area contributed by atoms with Gasteiger partial charge in [0.1, 0.15) is 11.7 Å². The highest BCUT2D eigenvalue weighted by Crippen LogP contribution is 2.52. The number of ether oxygens (including phenoxy) is 1. The molecule has 0 bridgehead atoms. The predicted molar refractivity (Wildman–Crippen MR) is 96.4 cm³/mol. The number of aliphatic hydroxyl groups excluding tert-OH is 1. The minimum atomic E-state index is -1.32. The van der Waals surface area contributed by atoms with Crippen molar-refractivity contribution in [2.45, 2.75) is 70.7 Å². The van der Waals surface area contributed by atoms with Gasteiger partial charge in [0.15, 0.2) is 6.10 Å². The molecular weight excluding hydrogens is 338 g/mol. The Morgan fingerprint density at radius 3 is 2.80 bits per heavy atom. The predicted octanol–water partition coefficient (Wildman–Crippen LogP) is 2.82. The maximum absolute atomic E-state index is 11.5. The summed E-state index contributed by atoms with van der Waals surface area (Å²) in [6, 6.07) is 0. The number of hydrogen-bond acceptors (Lipinski definition) is 6. The lowest BCUT2D eigenvalue weighted by atomic mass is 9.57. The first kappa shape index (κ1) is 18.5. The van der Waals surface area contributed by atoms with E-state index in [0.29, 0.717) is 0 Å². The molecule has 1 heterocycles. The van der Waals surface area contributed by atoms with Crippen LogP contribution in [-0.2, 0) is 16.0 Å². The highest BCUT2D eigenvalue weighted by molar-refractivity contribution is 7.09. The number of fused-ring (bicyclic) bond motifs is 1. The molecule has 6 heteroatoms. The van der Waals surface area contributed by atoms with Gasteiger partial charge in [0.05, 0.1) is 10.7 Å². The number of carbonyl (C=O) groups is 1. The molecular formula is C19H27NO4S. The van der Waals surface area contributed by atoms with Crippen LogP contribution in [0.1, 0.15) is 57.2 Å². The Bertz CT molecular complexity index is 685. The van der Waals surface area contributed by atoms with Crippen LogP contribution in [0.4, 0.5) is 0 Å². The number of aryl methyl sites for hydroxylation is 1. The second-order valence-corrected chi connectivity index (χ2v) is 8.35. The third-order valence-electron chi connectivity index (χ3n) is 5.86. The topological polar surface area (TPSA) is 79.7 Å². The highest BCUT2D eigenvalue weighted by Gasteiger charge is 2.58. The Morgan fingerprint density at radius 1 is 1.48 bits per heavy atom. The SMILES string of the molecule is CCc1nc([C@@H]2CC[C@@H](C)[C@]3(O)[C@@H](O)[C@H](OC(C)=O)C(C)=C[C@@H]23)cs1. The zero-order valence-corrected chi connectivity index (χ0v) is 16.0. The van der Waals surface area contributed by atoms with Gasteiger partial charge < -0.3 is 14.9 Å². The van der Waals surface area contributed by atoms with E-state index in [2.05, 4.69) is 12.3 Å². The van der Waals surface area contributed by atoms with Gasteiger partial charge in [-0.25, -0.2) is 4.98 Å². The van der Waals surface area contributed by atoms with Crippen LogP contribution in [0.2, 0.25) is 0 Å². The molecule has 5 nitrogen and oxygen atoms in total. The summed E-state index contributed by atoms with van der Waals surface area (Å²) >= 11 is 1.65. The smallest absolute Gasteiger partial charge is 0.303 e. The number of aliphatic hydroxyl groups is 2. The van der Waals surface area contributed by atoms with Crippen LogP contribution in [0, 0.1) is 11.8 Å². The number of rotatable bonds is 3. The molecule has 0 saturated heterocycles. The van der Waals surface area contributed by atoms with Crippen LogP contribution in [0.5, 0.6) is 0 Å². The van der Waals surface area contributed by atoms with Gasteiger partial charge in [0.2, 0.25) is 0 Å². The third kappa shape index (κ3) is 3.04. The van der Waals surface area contributed by atoms with Crippen molar-refractivity contribution in [3.63, 3.8) is 0 Å². The van der Waals surface area contributed by atoms with E-state index in [9.17, 15) is 15.0 Å². The Kier molecular flexibility index (Phi) is 5.06. The maximum Gasteiger partial charge on any atom is 0.303 e. The molecule has 2 aliphatic carbocycles. The van der Waals surface area contributed by atoms with Crippen LogP contribution in [0.15, 0.2) is 17.0 Å². The van der Waals surface area contributed by atoms with E-state index >= 15 is 0 Å². The van der Waals surface area contributed by atoms with Crippen molar-refractivity contribution in [2.24, 2.45) is 11.8 Å². The number of aromatic nitrogens is 1. The van der Waals surface area contributed by atoms with Gasteiger partial charge in [-0.15, -0.1) is 11.3 Å². The van der Waals surface area contributed by atoms with E-state index in [1.165, 1.54) is 6.92 Å². The lowest BCUT2D eigenvalue weighted by molar-refractivity contribution is -0.200. The lowest BCUT2D eigenvalue weighted by Gasteiger charge is -2.53. The minimum Gasteiger partial charge on any atom is -0.455 e. The molecule has 2 aliphatic rings. The summed E-state index contributed by atoms with van der Waals surface area (Å²) in [5, 5.41) is 25.6. The van der Waals surface area contributed by atoms with Gasteiger partial charge in [0, 0.05) is 24.1 Å². The minimum absolute atomic E-state index is 0.0700. The summed E-state index contributed by atoms with van der Waals surface area (Å²) in [5.41, 5.74) is 0.472. The van der Waals surface area contributed by atoms with Crippen LogP contribution >= 0.6 is 11.3 Å². The van der Waals surface area contributed by atoms with E-state index in [4.69, 9.17) is 9.72 Å². The third-order valence-corrected chi connectivity index (χ3v) is 6.88. The standard InChI is InChI=1S/C19H27NO4S/c1-5-16-20-15(9-25-16)13-7-6-11(3)19(23)14(13)8-10(2)17(18(19)22)24-12(4)21/h8-9,11,13-14,17-18,22-23H,5-7H2,1-4H3/t11-,13-,14+,17-,18+,19-/m1/s1. The fourth-order valence-corrected chi connectivity index (χ4v) is 5.23. The van der Waals surface area contributed by atoms with Gasteiger partial charge in [-0.05, 0) is 37.7 Å². The average molecular weight is 365 g/mol. The molecule has 0 radical (unpaired) electrons. The van der Waals surface area contributed by atoms with E-state index in [1.54, 1.807) is 11.3 Å². The number of carbonyl (C=O) groups excluding carboxylic acids is 1. The van der Waals surface area contributed by atoms with Gasteiger partial charge >= 0.3 is 5.97 Å². The van der Waals surface area contributed by atoms with Crippen molar-refractivity contribution in [1.29, 1.82) is 0 Å². The van der Waals surface area contributed by atoms with Gasteiger partial charge in [-0.2, -0.15) is 0 Å². The molecule has 1 fully saturated rings. The number of hydrogen-bond donors (Lipinski definition) is 2. The van der Waals surface area contributed by atoms with Gasteiger partial charge in [-0.3, -0.25) is 4.79 Å². The van der Waals surface area contributed by atoms with Gasteiger partial charge in [0.25, 0.3) is 0 Å². The van der Waals surface area contributed by atoms with Crippen LogP contribution < -0.4 is 0 Å². The van der Waals surface area contributed by atoms with Crippen molar-refractivity contribution >= 4 is 17.3 Å². The second kappa shape index (κ2) is 6.82. The molecule has 3 rings (SSSR count). The van der Waals surface area contributed by atoms with Crippen LogP contribution in [0.3, 0.4) is 0 Å².